The lowest BCUT2D eigenvalue weighted by atomic mass is 9.99. The molecule has 0 aliphatic carbocycles. The SMILES string of the molecule is O=C([C@H]1NC[C@@H](O)[C@@H](O)[C@H](O)[C@@H]1O)N(Cc1ccccc1)Cc1ccccc1. The summed E-state index contributed by atoms with van der Waals surface area (Å²) in [7, 11) is 0. The molecule has 3 rings (SSSR count). The molecule has 0 spiro atoms. The van der Waals surface area contributed by atoms with E-state index in [-0.39, 0.29) is 6.54 Å². The molecular formula is C21H26N2O5. The van der Waals surface area contributed by atoms with Crippen LogP contribution in [-0.2, 0) is 17.9 Å². The zero-order chi connectivity index (χ0) is 20.1. The Morgan fingerprint density at radius 1 is 0.821 bits per heavy atom. The van der Waals surface area contributed by atoms with Crippen LogP contribution in [0.25, 0.3) is 0 Å². The van der Waals surface area contributed by atoms with Gasteiger partial charge in [0, 0.05) is 19.6 Å². The predicted molar refractivity (Wildman–Crippen MR) is 103 cm³/mol. The molecule has 2 aromatic carbocycles. The summed E-state index contributed by atoms with van der Waals surface area (Å²) in [4.78, 5) is 14.8. The number of carbonyl (C=O) groups excluding carboxylic acids is 1. The van der Waals surface area contributed by atoms with Crippen molar-refractivity contribution >= 4 is 5.91 Å². The smallest absolute Gasteiger partial charge is 0.243 e. The Bertz CT molecular complexity index is 716. The highest BCUT2D eigenvalue weighted by molar-refractivity contribution is 5.82. The third-order valence-electron chi connectivity index (χ3n) is 4.99. The van der Waals surface area contributed by atoms with Crippen molar-refractivity contribution in [1.82, 2.24) is 10.2 Å². The Balaban J connectivity index is 1.84. The summed E-state index contributed by atoms with van der Waals surface area (Å²) in [6, 6.07) is 17.8. The minimum atomic E-state index is -1.63. The fourth-order valence-electron chi connectivity index (χ4n) is 3.37. The minimum Gasteiger partial charge on any atom is -0.389 e. The predicted octanol–water partition coefficient (Wildman–Crippen LogP) is -0.369. The van der Waals surface area contributed by atoms with Gasteiger partial charge < -0.3 is 30.6 Å². The van der Waals surface area contributed by atoms with E-state index in [1.165, 1.54) is 0 Å². The Hall–Kier alpha value is -2.29. The van der Waals surface area contributed by atoms with Gasteiger partial charge in [-0.1, -0.05) is 60.7 Å². The number of hydrogen-bond acceptors (Lipinski definition) is 6. The van der Waals surface area contributed by atoms with Crippen LogP contribution in [-0.4, -0.2) is 68.2 Å². The molecule has 1 aliphatic rings. The van der Waals surface area contributed by atoms with Crippen molar-refractivity contribution in [3.05, 3.63) is 71.8 Å². The number of amides is 1. The lowest BCUT2D eigenvalue weighted by Crippen LogP contribution is -2.55. The number of benzene rings is 2. The summed E-state index contributed by atoms with van der Waals surface area (Å²) < 4.78 is 0. The van der Waals surface area contributed by atoms with Gasteiger partial charge in [-0.15, -0.1) is 0 Å². The molecule has 5 atom stereocenters. The second-order valence-corrected chi connectivity index (χ2v) is 7.09. The van der Waals surface area contributed by atoms with E-state index in [1.807, 2.05) is 60.7 Å². The topological polar surface area (TPSA) is 113 Å². The van der Waals surface area contributed by atoms with Gasteiger partial charge in [0.1, 0.15) is 24.4 Å². The molecule has 7 nitrogen and oxygen atoms in total. The van der Waals surface area contributed by atoms with Gasteiger partial charge >= 0.3 is 0 Å². The van der Waals surface area contributed by atoms with Crippen molar-refractivity contribution < 1.29 is 25.2 Å². The third-order valence-corrected chi connectivity index (χ3v) is 4.99. The molecule has 0 aromatic heterocycles. The van der Waals surface area contributed by atoms with Gasteiger partial charge in [0.2, 0.25) is 5.91 Å². The molecule has 1 saturated heterocycles. The number of aliphatic hydroxyl groups is 4. The zero-order valence-corrected chi connectivity index (χ0v) is 15.4. The summed E-state index contributed by atoms with van der Waals surface area (Å²) in [5.74, 6) is -0.416. The van der Waals surface area contributed by atoms with E-state index >= 15 is 0 Å². The van der Waals surface area contributed by atoms with Crippen LogP contribution in [0.4, 0.5) is 0 Å². The Morgan fingerprint density at radius 3 is 1.82 bits per heavy atom. The summed E-state index contributed by atoms with van der Waals surface area (Å²) in [5.41, 5.74) is 1.85. The summed E-state index contributed by atoms with van der Waals surface area (Å²) in [6.07, 6.45) is -5.99. The first kappa shape index (κ1) is 20.4. The van der Waals surface area contributed by atoms with Gasteiger partial charge in [0.05, 0.1) is 6.10 Å². The average Bonchev–Trinajstić information content (AvgIpc) is 2.81. The van der Waals surface area contributed by atoms with Crippen LogP contribution < -0.4 is 5.32 Å². The number of nitrogens with zero attached hydrogens (tertiary/aromatic N) is 1. The molecule has 2 aromatic rings. The Labute approximate surface area is 163 Å². The molecule has 1 aliphatic heterocycles. The monoisotopic (exact) mass is 386 g/mol. The number of hydrogen-bond donors (Lipinski definition) is 5. The highest BCUT2D eigenvalue weighted by Gasteiger charge is 2.42. The van der Waals surface area contributed by atoms with Crippen LogP contribution in [0.1, 0.15) is 11.1 Å². The fourth-order valence-corrected chi connectivity index (χ4v) is 3.37. The van der Waals surface area contributed by atoms with E-state index < -0.39 is 36.4 Å². The van der Waals surface area contributed by atoms with Crippen molar-refractivity contribution in [3.63, 3.8) is 0 Å². The first-order chi connectivity index (χ1) is 13.5. The molecule has 0 saturated carbocycles. The molecule has 1 heterocycles. The van der Waals surface area contributed by atoms with Crippen LogP contribution in [0.15, 0.2) is 60.7 Å². The number of carbonyl (C=O) groups is 1. The highest BCUT2D eigenvalue weighted by atomic mass is 16.4. The van der Waals surface area contributed by atoms with E-state index in [4.69, 9.17) is 0 Å². The van der Waals surface area contributed by atoms with Crippen molar-refractivity contribution in [3.8, 4) is 0 Å². The van der Waals surface area contributed by atoms with Gasteiger partial charge in [0.25, 0.3) is 0 Å². The average molecular weight is 386 g/mol. The molecule has 28 heavy (non-hydrogen) atoms. The lowest BCUT2D eigenvalue weighted by molar-refractivity contribution is -0.142. The molecule has 1 fully saturated rings. The first-order valence-corrected chi connectivity index (χ1v) is 9.29. The molecule has 0 bridgehead atoms. The number of rotatable bonds is 5. The number of aliphatic hydroxyl groups excluding tert-OH is 4. The summed E-state index contributed by atoms with van der Waals surface area (Å²) in [6.45, 7) is 0.525. The normalized spacial score (nSPS) is 27.8. The van der Waals surface area contributed by atoms with Crippen LogP contribution in [0, 0.1) is 0 Å². The van der Waals surface area contributed by atoms with Crippen LogP contribution in [0.2, 0.25) is 0 Å². The molecule has 5 N–H and O–H groups in total. The first-order valence-electron chi connectivity index (χ1n) is 9.29. The number of β-amino-alcohol motifs (C(OH)–C–C–N with tert-alkyl or cyclic N) is 1. The van der Waals surface area contributed by atoms with Crippen LogP contribution in [0.5, 0.6) is 0 Å². The van der Waals surface area contributed by atoms with Gasteiger partial charge in [-0.3, -0.25) is 4.79 Å². The molecular weight excluding hydrogens is 360 g/mol. The molecule has 1 amide bonds. The second kappa shape index (κ2) is 9.27. The Morgan fingerprint density at radius 2 is 1.32 bits per heavy atom. The second-order valence-electron chi connectivity index (χ2n) is 7.09. The zero-order valence-electron chi connectivity index (χ0n) is 15.4. The van der Waals surface area contributed by atoms with Crippen molar-refractivity contribution in [2.75, 3.05) is 6.54 Å². The van der Waals surface area contributed by atoms with Gasteiger partial charge in [-0.25, -0.2) is 0 Å². The maximum Gasteiger partial charge on any atom is 0.243 e. The van der Waals surface area contributed by atoms with Crippen LogP contribution in [0.3, 0.4) is 0 Å². The minimum absolute atomic E-state index is 0.115. The van der Waals surface area contributed by atoms with Crippen molar-refractivity contribution in [2.24, 2.45) is 0 Å². The maximum absolute atomic E-state index is 13.3. The highest BCUT2D eigenvalue weighted by Crippen LogP contribution is 2.18. The summed E-state index contributed by atoms with van der Waals surface area (Å²) in [5, 5.41) is 43.0. The summed E-state index contributed by atoms with van der Waals surface area (Å²) >= 11 is 0. The maximum atomic E-state index is 13.3. The standard InChI is InChI=1S/C21H26N2O5/c24-16-11-22-17(19(26)20(27)18(16)25)21(28)23(12-14-7-3-1-4-8-14)13-15-9-5-2-6-10-15/h1-10,16-20,22,24-27H,11-13H2/t16-,17+,18-,19-,20+/m1/s1. The number of nitrogens with one attached hydrogen (secondary N) is 1. The van der Waals surface area contributed by atoms with Gasteiger partial charge in [-0.05, 0) is 11.1 Å². The van der Waals surface area contributed by atoms with E-state index in [1.54, 1.807) is 4.90 Å². The van der Waals surface area contributed by atoms with Crippen molar-refractivity contribution in [2.45, 2.75) is 43.5 Å². The van der Waals surface area contributed by atoms with Gasteiger partial charge in [0.15, 0.2) is 0 Å². The van der Waals surface area contributed by atoms with E-state index in [0.717, 1.165) is 11.1 Å². The van der Waals surface area contributed by atoms with Crippen molar-refractivity contribution in [1.29, 1.82) is 0 Å². The third kappa shape index (κ3) is 4.76. The quantitative estimate of drug-likeness (QED) is 0.479. The van der Waals surface area contributed by atoms with E-state index in [0.29, 0.717) is 13.1 Å². The molecule has 7 heteroatoms. The lowest BCUT2D eigenvalue weighted by Gasteiger charge is -2.31. The Kier molecular flexibility index (Phi) is 6.77. The largest absolute Gasteiger partial charge is 0.389 e. The molecule has 0 unspecified atom stereocenters. The fraction of sp³-hybridized carbons (Fsp3) is 0.381. The molecule has 150 valence electrons. The van der Waals surface area contributed by atoms with E-state index in [9.17, 15) is 25.2 Å². The van der Waals surface area contributed by atoms with E-state index in [2.05, 4.69) is 5.32 Å². The van der Waals surface area contributed by atoms with Gasteiger partial charge in [-0.2, -0.15) is 0 Å². The van der Waals surface area contributed by atoms with Crippen LogP contribution >= 0.6 is 0 Å². The molecule has 0 radical (unpaired) electrons.